The van der Waals surface area contributed by atoms with Crippen LogP contribution in [0.5, 0.6) is 0 Å². The molecule has 2 heterocycles. The first-order valence-corrected chi connectivity index (χ1v) is 12.4. The summed E-state index contributed by atoms with van der Waals surface area (Å²) in [5.41, 5.74) is 0. The van der Waals surface area contributed by atoms with Crippen molar-refractivity contribution in [2.75, 3.05) is 45.0 Å². The summed E-state index contributed by atoms with van der Waals surface area (Å²) in [5.74, 6) is 1.12. The number of piperidine rings is 2. The first kappa shape index (κ1) is 22.4. The van der Waals surface area contributed by atoms with Gasteiger partial charge in [0.1, 0.15) is 0 Å². The van der Waals surface area contributed by atoms with Gasteiger partial charge in [0.15, 0.2) is 5.96 Å². The Morgan fingerprint density at radius 1 is 1.07 bits per heavy atom. The van der Waals surface area contributed by atoms with Crippen LogP contribution in [0.15, 0.2) is 4.99 Å². The van der Waals surface area contributed by atoms with Gasteiger partial charge in [-0.15, -0.1) is 0 Å². The van der Waals surface area contributed by atoms with E-state index in [-0.39, 0.29) is 11.8 Å². The van der Waals surface area contributed by atoms with Gasteiger partial charge in [-0.2, -0.15) is 0 Å². The third-order valence-electron chi connectivity index (χ3n) is 5.61. The molecule has 7 nitrogen and oxygen atoms in total. The first-order chi connectivity index (χ1) is 13.0. The van der Waals surface area contributed by atoms with Crippen molar-refractivity contribution in [3.05, 3.63) is 0 Å². The number of likely N-dealkylation sites (tertiary alicyclic amines) is 1. The molecule has 0 amide bonds. The van der Waals surface area contributed by atoms with E-state index in [0.29, 0.717) is 25.6 Å². The Balaban J connectivity index is 1.87. The molecule has 1 unspecified atom stereocenters. The van der Waals surface area contributed by atoms with Gasteiger partial charge in [-0.05, 0) is 52.1 Å². The Labute approximate surface area is 166 Å². The minimum atomic E-state index is -3.08. The van der Waals surface area contributed by atoms with Gasteiger partial charge in [0, 0.05) is 31.7 Å². The molecule has 1 atom stereocenters. The van der Waals surface area contributed by atoms with Gasteiger partial charge < -0.3 is 10.6 Å². The molecular weight excluding hydrogens is 362 g/mol. The van der Waals surface area contributed by atoms with E-state index in [9.17, 15) is 8.42 Å². The maximum absolute atomic E-state index is 12.2. The number of likely N-dealkylation sites (N-methyl/N-ethyl adjacent to an activating group) is 1. The van der Waals surface area contributed by atoms with Crippen molar-refractivity contribution in [3.63, 3.8) is 0 Å². The summed E-state index contributed by atoms with van der Waals surface area (Å²) in [5, 5.41) is 6.88. The summed E-state index contributed by atoms with van der Waals surface area (Å²) in [6, 6.07) is 0.824. The van der Waals surface area contributed by atoms with E-state index >= 15 is 0 Å². The molecule has 2 N–H and O–H groups in total. The number of guanidine groups is 1. The molecule has 27 heavy (non-hydrogen) atoms. The van der Waals surface area contributed by atoms with Crippen molar-refractivity contribution < 1.29 is 8.42 Å². The average Bonchev–Trinajstić information content (AvgIpc) is 2.67. The molecule has 158 valence electrons. The van der Waals surface area contributed by atoms with Gasteiger partial charge in [0.2, 0.25) is 10.0 Å². The number of hydrogen-bond acceptors (Lipinski definition) is 4. The minimum absolute atomic E-state index is 0.254. The van der Waals surface area contributed by atoms with Gasteiger partial charge in [0.05, 0.1) is 12.3 Å². The van der Waals surface area contributed by atoms with Gasteiger partial charge in [-0.25, -0.2) is 12.7 Å². The smallest absolute Gasteiger partial charge is 0.214 e. The van der Waals surface area contributed by atoms with Crippen LogP contribution in [-0.4, -0.2) is 80.7 Å². The maximum atomic E-state index is 12.2. The van der Waals surface area contributed by atoms with Crippen LogP contribution in [0.1, 0.15) is 59.3 Å². The Bertz CT molecular complexity index is 558. The summed E-state index contributed by atoms with van der Waals surface area (Å²) >= 11 is 0. The summed E-state index contributed by atoms with van der Waals surface area (Å²) in [6.45, 7) is 11.4. The minimum Gasteiger partial charge on any atom is -0.357 e. The topological polar surface area (TPSA) is 77.0 Å². The van der Waals surface area contributed by atoms with Crippen molar-refractivity contribution in [1.29, 1.82) is 0 Å². The standard InChI is InChI=1S/C19H39N5O2S/c1-4-15-27(25,26)24-13-10-17(11-14-24)22-19(20-5-2)21-16-18-9-7-8-12-23(18)6-3/h17-18H,4-16H2,1-3H3,(H2,20,21,22). The summed E-state index contributed by atoms with van der Waals surface area (Å²) in [6.07, 6.45) is 6.16. The molecule has 0 bridgehead atoms. The molecule has 8 heteroatoms. The monoisotopic (exact) mass is 401 g/mol. The Kier molecular flexibility index (Phi) is 9.32. The molecule has 2 rings (SSSR count). The Morgan fingerprint density at radius 2 is 1.81 bits per heavy atom. The lowest BCUT2D eigenvalue weighted by Crippen LogP contribution is -2.50. The van der Waals surface area contributed by atoms with Crippen molar-refractivity contribution in [2.24, 2.45) is 4.99 Å². The molecular formula is C19H39N5O2S. The van der Waals surface area contributed by atoms with E-state index in [1.54, 1.807) is 4.31 Å². The number of sulfonamides is 1. The average molecular weight is 402 g/mol. The normalized spacial score (nSPS) is 24.1. The van der Waals surface area contributed by atoms with Crippen LogP contribution < -0.4 is 10.6 Å². The van der Waals surface area contributed by atoms with E-state index in [2.05, 4.69) is 29.4 Å². The molecule has 0 aromatic heterocycles. The fourth-order valence-electron chi connectivity index (χ4n) is 4.06. The van der Waals surface area contributed by atoms with Crippen LogP contribution in [0.4, 0.5) is 0 Å². The largest absolute Gasteiger partial charge is 0.357 e. The van der Waals surface area contributed by atoms with E-state index in [1.807, 2.05) is 6.92 Å². The lowest BCUT2D eigenvalue weighted by Gasteiger charge is -2.34. The van der Waals surface area contributed by atoms with Gasteiger partial charge in [0.25, 0.3) is 0 Å². The van der Waals surface area contributed by atoms with E-state index in [1.165, 1.54) is 25.8 Å². The highest BCUT2D eigenvalue weighted by Gasteiger charge is 2.28. The zero-order valence-electron chi connectivity index (χ0n) is 17.4. The lowest BCUT2D eigenvalue weighted by atomic mass is 10.0. The number of hydrogen-bond donors (Lipinski definition) is 2. The third kappa shape index (κ3) is 6.91. The highest BCUT2D eigenvalue weighted by Crippen LogP contribution is 2.17. The highest BCUT2D eigenvalue weighted by molar-refractivity contribution is 7.89. The predicted molar refractivity (Wildman–Crippen MR) is 113 cm³/mol. The van der Waals surface area contributed by atoms with Gasteiger partial charge in [-0.3, -0.25) is 9.89 Å². The second-order valence-electron chi connectivity index (χ2n) is 7.63. The summed E-state index contributed by atoms with van der Waals surface area (Å²) < 4.78 is 26.1. The van der Waals surface area contributed by atoms with Crippen molar-refractivity contribution in [2.45, 2.75) is 71.4 Å². The number of aliphatic imine (C=N–C) groups is 1. The lowest BCUT2D eigenvalue weighted by molar-refractivity contribution is 0.161. The number of rotatable bonds is 8. The zero-order chi connectivity index (χ0) is 19.7. The number of nitrogens with one attached hydrogen (secondary N) is 2. The fourth-order valence-corrected chi connectivity index (χ4v) is 5.60. The van der Waals surface area contributed by atoms with Crippen LogP contribution in [0.3, 0.4) is 0 Å². The van der Waals surface area contributed by atoms with E-state index in [4.69, 9.17) is 4.99 Å². The Hall–Kier alpha value is -0.860. The predicted octanol–water partition coefficient (Wildman–Crippen LogP) is 1.62. The van der Waals surface area contributed by atoms with Crippen molar-refractivity contribution in [3.8, 4) is 0 Å². The molecule has 0 aliphatic carbocycles. The van der Waals surface area contributed by atoms with Crippen LogP contribution in [0.2, 0.25) is 0 Å². The SMILES string of the molecule is CCCS(=O)(=O)N1CCC(NC(=NCC2CCCCN2CC)NCC)CC1. The molecule has 2 aliphatic heterocycles. The highest BCUT2D eigenvalue weighted by atomic mass is 32.2. The quantitative estimate of drug-likeness (QED) is 0.477. The van der Waals surface area contributed by atoms with Gasteiger partial charge in [-0.1, -0.05) is 20.3 Å². The van der Waals surface area contributed by atoms with Crippen molar-refractivity contribution in [1.82, 2.24) is 19.8 Å². The third-order valence-corrected chi connectivity index (χ3v) is 7.69. The second-order valence-corrected chi connectivity index (χ2v) is 9.72. The summed E-state index contributed by atoms with van der Waals surface area (Å²) in [7, 11) is -3.08. The zero-order valence-corrected chi connectivity index (χ0v) is 18.2. The Morgan fingerprint density at radius 3 is 2.44 bits per heavy atom. The molecule has 2 fully saturated rings. The van der Waals surface area contributed by atoms with Crippen molar-refractivity contribution >= 4 is 16.0 Å². The van der Waals surface area contributed by atoms with Crippen LogP contribution >= 0.6 is 0 Å². The molecule has 0 radical (unpaired) electrons. The first-order valence-electron chi connectivity index (χ1n) is 10.8. The molecule has 0 spiro atoms. The van der Waals surface area contributed by atoms with E-state index < -0.39 is 10.0 Å². The fraction of sp³-hybridized carbons (Fsp3) is 0.947. The van der Waals surface area contributed by atoms with Gasteiger partial charge >= 0.3 is 0 Å². The van der Waals surface area contributed by atoms with Crippen LogP contribution in [0.25, 0.3) is 0 Å². The van der Waals surface area contributed by atoms with Crippen LogP contribution in [-0.2, 0) is 10.0 Å². The molecule has 0 saturated carbocycles. The summed E-state index contributed by atoms with van der Waals surface area (Å²) in [4.78, 5) is 7.38. The molecule has 0 aromatic rings. The van der Waals surface area contributed by atoms with E-state index in [0.717, 1.165) is 38.4 Å². The molecule has 2 aliphatic rings. The molecule has 2 saturated heterocycles. The second kappa shape index (κ2) is 11.2. The van der Waals surface area contributed by atoms with Crippen LogP contribution in [0, 0.1) is 0 Å². The number of nitrogens with zero attached hydrogens (tertiary/aromatic N) is 3. The maximum Gasteiger partial charge on any atom is 0.214 e. The molecule has 0 aromatic carbocycles.